The summed E-state index contributed by atoms with van der Waals surface area (Å²) in [5.41, 5.74) is 0.805. The fourth-order valence-electron chi connectivity index (χ4n) is 2.74. The van der Waals surface area contributed by atoms with Crippen LogP contribution in [-0.4, -0.2) is 17.6 Å². The van der Waals surface area contributed by atoms with Crippen LogP contribution in [0.5, 0.6) is 0 Å². The third kappa shape index (κ3) is 2.94. The topological polar surface area (TPSA) is 16.1 Å². The average Bonchev–Trinajstić information content (AvgIpc) is 2.40. The van der Waals surface area contributed by atoms with Gasteiger partial charge in [0.05, 0.1) is 12.1 Å². The quantitative estimate of drug-likeness (QED) is 0.765. The molecule has 0 aromatic carbocycles. The highest BCUT2D eigenvalue weighted by molar-refractivity contribution is 6.17. The van der Waals surface area contributed by atoms with Crippen LogP contribution in [0.3, 0.4) is 0 Å². The molecule has 1 aromatic heterocycles. The molecule has 1 fully saturated rings. The van der Waals surface area contributed by atoms with Gasteiger partial charge < -0.3 is 4.90 Å². The van der Waals surface area contributed by atoms with Gasteiger partial charge in [-0.25, -0.2) is 9.37 Å². The fourth-order valence-corrected chi connectivity index (χ4v) is 2.94. The molecule has 0 aliphatic carbocycles. The molecular weight excluding hydrogens is 251 g/mol. The van der Waals surface area contributed by atoms with E-state index in [0.29, 0.717) is 11.9 Å². The average molecular weight is 271 g/mol. The zero-order chi connectivity index (χ0) is 13.0. The van der Waals surface area contributed by atoms with Gasteiger partial charge >= 0.3 is 0 Å². The Bertz CT molecular complexity index is 395. The van der Waals surface area contributed by atoms with Crippen molar-refractivity contribution < 1.29 is 4.39 Å². The van der Waals surface area contributed by atoms with E-state index in [1.54, 1.807) is 0 Å². The van der Waals surface area contributed by atoms with Crippen LogP contribution in [-0.2, 0) is 5.88 Å². The van der Waals surface area contributed by atoms with Crippen molar-refractivity contribution in [1.82, 2.24) is 4.98 Å². The molecule has 1 aliphatic heterocycles. The van der Waals surface area contributed by atoms with E-state index in [4.69, 9.17) is 11.6 Å². The maximum absolute atomic E-state index is 13.2. The third-order valence-corrected chi connectivity index (χ3v) is 3.86. The first-order chi connectivity index (χ1) is 8.76. The standard InChI is InChI=1S/C14H20ClFN2/c1-2-5-13-6-3-4-7-18(13)14-11(9-15)8-12(16)10-17-14/h8,10,13H,2-7,9H2,1H3. The summed E-state index contributed by atoms with van der Waals surface area (Å²) in [6.07, 6.45) is 7.29. The molecule has 0 saturated carbocycles. The number of pyridine rings is 1. The number of anilines is 1. The molecule has 0 spiro atoms. The fraction of sp³-hybridized carbons (Fsp3) is 0.643. The van der Waals surface area contributed by atoms with Crippen molar-refractivity contribution >= 4 is 17.4 Å². The summed E-state index contributed by atoms with van der Waals surface area (Å²) in [5, 5.41) is 0. The van der Waals surface area contributed by atoms with Crippen molar-refractivity contribution in [1.29, 1.82) is 0 Å². The smallest absolute Gasteiger partial charge is 0.141 e. The summed E-state index contributed by atoms with van der Waals surface area (Å²) >= 11 is 5.91. The number of piperidine rings is 1. The molecule has 0 radical (unpaired) electrons. The normalized spacial score (nSPS) is 20.2. The highest BCUT2D eigenvalue weighted by atomic mass is 35.5. The molecule has 1 aliphatic rings. The Labute approximate surface area is 113 Å². The summed E-state index contributed by atoms with van der Waals surface area (Å²) in [7, 11) is 0. The van der Waals surface area contributed by atoms with Crippen LogP contribution in [0, 0.1) is 5.82 Å². The molecule has 4 heteroatoms. The van der Waals surface area contributed by atoms with Gasteiger partial charge in [-0.15, -0.1) is 11.6 Å². The number of hydrogen-bond acceptors (Lipinski definition) is 2. The zero-order valence-electron chi connectivity index (χ0n) is 10.8. The highest BCUT2D eigenvalue weighted by Crippen LogP contribution is 2.29. The number of hydrogen-bond donors (Lipinski definition) is 0. The monoisotopic (exact) mass is 270 g/mol. The lowest BCUT2D eigenvalue weighted by atomic mass is 9.98. The number of aromatic nitrogens is 1. The SMILES string of the molecule is CCCC1CCCCN1c1ncc(F)cc1CCl. The van der Waals surface area contributed by atoms with Crippen molar-refractivity contribution in [3.8, 4) is 0 Å². The van der Waals surface area contributed by atoms with Gasteiger partial charge in [-0.3, -0.25) is 0 Å². The van der Waals surface area contributed by atoms with Gasteiger partial charge in [0.2, 0.25) is 0 Å². The van der Waals surface area contributed by atoms with E-state index in [1.165, 1.54) is 44.4 Å². The minimum atomic E-state index is -0.307. The first-order valence-electron chi connectivity index (χ1n) is 6.73. The summed E-state index contributed by atoms with van der Waals surface area (Å²) in [6.45, 7) is 3.21. The molecule has 0 amide bonds. The van der Waals surface area contributed by atoms with E-state index in [0.717, 1.165) is 17.9 Å². The van der Waals surface area contributed by atoms with Gasteiger partial charge in [0.25, 0.3) is 0 Å². The van der Waals surface area contributed by atoms with E-state index in [9.17, 15) is 4.39 Å². The Kier molecular flexibility index (Phi) is 4.81. The molecule has 0 N–H and O–H groups in total. The van der Waals surface area contributed by atoms with E-state index in [1.807, 2.05) is 0 Å². The minimum Gasteiger partial charge on any atom is -0.353 e. The molecular formula is C14H20ClFN2. The molecule has 1 aromatic rings. The Morgan fingerprint density at radius 3 is 3.06 bits per heavy atom. The van der Waals surface area contributed by atoms with E-state index >= 15 is 0 Å². The summed E-state index contributed by atoms with van der Waals surface area (Å²) in [5.74, 6) is 0.887. The molecule has 2 rings (SSSR count). The first-order valence-corrected chi connectivity index (χ1v) is 7.26. The number of alkyl halides is 1. The molecule has 1 saturated heterocycles. The predicted octanol–water partition coefficient (Wildman–Crippen LogP) is 4.12. The first kappa shape index (κ1) is 13.6. The largest absolute Gasteiger partial charge is 0.353 e. The lowest BCUT2D eigenvalue weighted by Gasteiger charge is -2.37. The second-order valence-corrected chi connectivity index (χ2v) is 5.17. The second-order valence-electron chi connectivity index (χ2n) is 4.90. The Balaban J connectivity index is 2.27. The Morgan fingerprint density at radius 1 is 1.50 bits per heavy atom. The van der Waals surface area contributed by atoms with Gasteiger partial charge in [-0.05, 0) is 31.7 Å². The minimum absolute atomic E-state index is 0.307. The maximum Gasteiger partial charge on any atom is 0.141 e. The van der Waals surface area contributed by atoms with Gasteiger partial charge in [0.15, 0.2) is 0 Å². The van der Waals surface area contributed by atoms with E-state index in [2.05, 4.69) is 16.8 Å². The summed E-state index contributed by atoms with van der Waals surface area (Å²) < 4.78 is 13.2. The van der Waals surface area contributed by atoms with Crippen LogP contribution in [0.25, 0.3) is 0 Å². The van der Waals surface area contributed by atoms with Crippen molar-refractivity contribution in [3.05, 3.63) is 23.6 Å². The molecule has 100 valence electrons. The Morgan fingerprint density at radius 2 is 2.33 bits per heavy atom. The van der Waals surface area contributed by atoms with Crippen molar-refractivity contribution in [2.45, 2.75) is 50.9 Å². The predicted molar refractivity (Wildman–Crippen MR) is 73.6 cm³/mol. The second kappa shape index (κ2) is 6.37. The molecule has 2 nitrogen and oxygen atoms in total. The van der Waals surface area contributed by atoms with Gasteiger partial charge in [-0.1, -0.05) is 13.3 Å². The van der Waals surface area contributed by atoms with Crippen molar-refractivity contribution in [2.24, 2.45) is 0 Å². The molecule has 0 bridgehead atoms. The molecule has 18 heavy (non-hydrogen) atoms. The summed E-state index contributed by atoms with van der Waals surface area (Å²) in [4.78, 5) is 6.60. The van der Waals surface area contributed by atoms with Gasteiger partial charge in [-0.2, -0.15) is 0 Å². The molecule has 2 heterocycles. The zero-order valence-corrected chi connectivity index (χ0v) is 11.6. The van der Waals surface area contributed by atoms with Crippen LogP contribution in [0.2, 0.25) is 0 Å². The lowest BCUT2D eigenvalue weighted by molar-refractivity contribution is 0.430. The number of nitrogens with zero attached hydrogens (tertiary/aromatic N) is 2. The highest BCUT2D eigenvalue weighted by Gasteiger charge is 2.24. The number of halogens is 2. The molecule has 1 unspecified atom stereocenters. The number of rotatable bonds is 4. The Hall–Kier alpha value is -0.830. The van der Waals surface area contributed by atoms with Gasteiger partial charge in [0.1, 0.15) is 11.6 Å². The van der Waals surface area contributed by atoms with Crippen LogP contribution in [0.15, 0.2) is 12.3 Å². The molecule has 1 atom stereocenters. The lowest BCUT2D eigenvalue weighted by Crippen LogP contribution is -2.40. The summed E-state index contributed by atoms with van der Waals surface area (Å²) in [6, 6.07) is 2.04. The van der Waals surface area contributed by atoms with Gasteiger partial charge in [0, 0.05) is 18.2 Å². The van der Waals surface area contributed by atoms with Crippen LogP contribution >= 0.6 is 11.6 Å². The van der Waals surface area contributed by atoms with E-state index in [-0.39, 0.29) is 5.82 Å². The van der Waals surface area contributed by atoms with Crippen molar-refractivity contribution in [3.63, 3.8) is 0 Å². The third-order valence-electron chi connectivity index (χ3n) is 3.57. The van der Waals surface area contributed by atoms with Crippen LogP contribution in [0.4, 0.5) is 10.2 Å². The maximum atomic E-state index is 13.2. The van der Waals surface area contributed by atoms with E-state index < -0.39 is 0 Å². The van der Waals surface area contributed by atoms with Crippen molar-refractivity contribution in [2.75, 3.05) is 11.4 Å². The van der Waals surface area contributed by atoms with Crippen LogP contribution in [0.1, 0.15) is 44.6 Å². The van der Waals surface area contributed by atoms with Crippen LogP contribution < -0.4 is 4.90 Å².